The monoisotopic (exact) mass is 585 g/mol. The number of hydrogen-bond acceptors (Lipinski definition) is 6. The normalized spacial score (nSPS) is 20.5. The van der Waals surface area contributed by atoms with Gasteiger partial charge in [0.05, 0.1) is 35.8 Å². The number of pyridine rings is 1. The molecule has 0 bridgehead atoms. The molecule has 2 aliphatic heterocycles. The summed E-state index contributed by atoms with van der Waals surface area (Å²) in [7, 11) is 0. The molecule has 4 heterocycles. The number of carbonyl (C=O) groups is 1. The third kappa shape index (κ3) is 5.06. The van der Waals surface area contributed by atoms with Crippen molar-refractivity contribution in [2.24, 2.45) is 5.41 Å². The number of anilines is 1. The number of nitrogens with zero attached hydrogens (tertiary/aromatic N) is 5. The van der Waals surface area contributed by atoms with Crippen molar-refractivity contribution in [3.8, 4) is 5.88 Å². The number of ether oxygens (including phenoxy) is 2. The number of aromatic nitrogens is 3. The second-order valence-corrected chi connectivity index (χ2v) is 11.6. The highest BCUT2D eigenvalue weighted by Crippen LogP contribution is 2.65. The van der Waals surface area contributed by atoms with Crippen LogP contribution in [0, 0.1) is 23.6 Å². The lowest BCUT2D eigenvalue weighted by Gasteiger charge is -2.34. The number of imidazole rings is 1. The van der Waals surface area contributed by atoms with Gasteiger partial charge in [0.15, 0.2) is 11.5 Å². The molecule has 1 spiro atoms. The Balaban J connectivity index is 1.05. The molecule has 2 atom stereocenters. The van der Waals surface area contributed by atoms with Gasteiger partial charge < -0.3 is 24.0 Å². The van der Waals surface area contributed by atoms with E-state index in [0.29, 0.717) is 12.4 Å². The summed E-state index contributed by atoms with van der Waals surface area (Å²) in [5.74, 6) is -0.504. The summed E-state index contributed by atoms with van der Waals surface area (Å²) in [6, 6.07) is 12.1. The summed E-state index contributed by atoms with van der Waals surface area (Å²) >= 11 is 0. The van der Waals surface area contributed by atoms with Crippen molar-refractivity contribution in [1.82, 2.24) is 14.5 Å². The molecular weight excluding hydrogens is 556 g/mol. The SMILES string of the molecule is [C-]#[N+]c1ccc(COc2nc(N3CCC4(CC3)CC4c3nc4ccc(C(=O)O)cc4n3C[C@@H]3CCO3)ccc2F)c(F)c1. The zero-order valence-electron chi connectivity index (χ0n) is 23.3. The number of rotatable bonds is 8. The van der Waals surface area contributed by atoms with Crippen molar-refractivity contribution in [2.45, 2.75) is 50.9 Å². The van der Waals surface area contributed by atoms with Crippen LogP contribution in [0.5, 0.6) is 5.88 Å². The van der Waals surface area contributed by atoms with Crippen LogP contribution < -0.4 is 9.64 Å². The highest BCUT2D eigenvalue weighted by atomic mass is 19.1. The van der Waals surface area contributed by atoms with Crippen LogP contribution >= 0.6 is 0 Å². The van der Waals surface area contributed by atoms with Gasteiger partial charge in [-0.05, 0) is 67.5 Å². The lowest BCUT2D eigenvalue weighted by molar-refractivity contribution is -0.0590. The minimum absolute atomic E-state index is 0.0973. The highest BCUT2D eigenvalue weighted by Gasteiger charge is 2.57. The molecule has 2 aromatic heterocycles. The first kappa shape index (κ1) is 27.3. The fraction of sp³-hybridized carbons (Fsp3) is 0.375. The molecule has 3 fully saturated rings. The second-order valence-electron chi connectivity index (χ2n) is 11.6. The molecule has 11 heteroatoms. The Morgan fingerprint density at radius 1 is 1.12 bits per heavy atom. The number of aromatic carboxylic acids is 1. The molecular formula is C32H29F2N5O4. The third-order valence-electron chi connectivity index (χ3n) is 9.12. The van der Waals surface area contributed by atoms with Gasteiger partial charge >= 0.3 is 5.97 Å². The summed E-state index contributed by atoms with van der Waals surface area (Å²) < 4.78 is 42.3. The van der Waals surface area contributed by atoms with Crippen LogP contribution in [0.2, 0.25) is 0 Å². The van der Waals surface area contributed by atoms with Gasteiger partial charge in [0, 0.05) is 31.2 Å². The zero-order chi connectivity index (χ0) is 29.7. The van der Waals surface area contributed by atoms with Gasteiger partial charge in [-0.3, -0.25) is 0 Å². The van der Waals surface area contributed by atoms with E-state index in [1.54, 1.807) is 24.3 Å². The van der Waals surface area contributed by atoms with Gasteiger partial charge in [-0.1, -0.05) is 12.1 Å². The first-order valence-corrected chi connectivity index (χ1v) is 14.4. The van der Waals surface area contributed by atoms with Gasteiger partial charge in [0.2, 0.25) is 0 Å². The summed E-state index contributed by atoms with van der Waals surface area (Å²) in [6.45, 7) is 9.66. The fourth-order valence-corrected chi connectivity index (χ4v) is 6.37. The van der Waals surface area contributed by atoms with E-state index in [0.717, 1.165) is 68.3 Å². The number of carboxylic acid groups (broad SMARTS) is 1. The zero-order valence-corrected chi connectivity index (χ0v) is 23.3. The van der Waals surface area contributed by atoms with E-state index in [1.165, 1.54) is 18.2 Å². The van der Waals surface area contributed by atoms with E-state index in [9.17, 15) is 18.7 Å². The second kappa shape index (κ2) is 10.6. The molecule has 0 radical (unpaired) electrons. The molecule has 1 saturated carbocycles. The molecule has 4 aromatic rings. The predicted molar refractivity (Wildman–Crippen MR) is 153 cm³/mol. The minimum Gasteiger partial charge on any atom is -0.478 e. The van der Waals surface area contributed by atoms with E-state index >= 15 is 0 Å². The highest BCUT2D eigenvalue weighted by molar-refractivity contribution is 5.92. The molecule has 2 aromatic carbocycles. The van der Waals surface area contributed by atoms with Crippen molar-refractivity contribution < 1.29 is 28.2 Å². The molecule has 3 aliphatic rings. The van der Waals surface area contributed by atoms with Gasteiger partial charge in [-0.2, -0.15) is 4.98 Å². The number of piperidine rings is 1. The van der Waals surface area contributed by atoms with Gasteiger partial charge in [0.1, 0.15) is 24.1 Å². The summed E-state index contributed by atoms with van der Waals surface area (Å²) in [5.41, 5.74) is 2.36. The largest absolute Gasteiger partial charge is 0.478 e. The minimum atomic E-state index is -0.961. The van der Waals surface area contributed by atoms with E-state index in [4.69, 9.17) is 21.0 Å². The molecule has 0 amide bonds. The topological polar surface area (TPSA) is 94.1 Å². The lowest BCUT2D eigenvalue weighted by Crippen LogP contribution is -2.36. The Morgan fingerprint density at radius 3 is 2.63 bits per heavy atom. The molecule has 220 valence electrons. The Kier molecular flexibility index (Phi) is 6.73. The lowest BCUT2D eigenvalue weighted by atomic mass is 9.90. The number of fused-ring (bicyclic) bond motifs is 1. The summed E-state index contributed by atoms with van der Waals surface area (Å²) in [6.07, 6.45) is 3.91. The molecule has 1 aliphatic carbocycles. The van der Waals surface area contributed by atoms with Crippen LogP contribution in [-0.4, -0.2) is 51.4 Å². The Bertz CT molecular complexity index is 1770. The Morgan fingerprint density at radius 2 is 1.93 bits per heavy atom. The number of carboxylic acids is 1. The van der Waals surface area contributed by atoms with Gasteiger partial charge in [-0.15, -0.1) is 0 Å². The quantitative estimate of drug-likeness (QED) is 0.250. The molecule has 9 nitrogen and oxygen atoms in total. The molecule has 1 unspecified atom stereocenters. The third-order valence-corrected chi connectivity index (χ3v) is 9.12. The van der Waals surface area contributed by atoms with Crippen LogP contribution in [-0.2, 0) is 17.9 Å². The summed E-state index contributed by atoms with van der Waals surface area (Å²) in [4.78, 5) is 26.4. The first-order valence-electron chi connectivity index (χ1n) is 14.4. The van der Waals surface area contributed by atoms with Crippen LogP contribution in [0.3, 0.4) is 0 Å². The van der Waals surface area contributed by atoms with E-state index in [2.05, 4.69) is 19.3 Å². The van der Waals surface area contributed by atoms with Crippen molar-refractivity contribution >= 4 is 28.5 Å². The maximum Gasteiger partial charge on any atom is 0.335 e. The van der Waals surface area contributed by atoms with E-state index in [-0.39, 0.29) is 46.7 Å². The van der Waals surface area contributed by atoms with Crippen LogP contribution in [0.1, 0.15) is 53.3 Å². The summed E-state index contributed by atoms with van der Waals surface area (Å²) in [5, 5.41) is 9.55. The van der Waals surface area contributed by atoms with Crippen molar-refractivity contribution in [2.75, 3.05) is 24.6 Å². The molecule has 2 saturated heterocycles. The maximum atomic E-state index is 14.6. The van der Waals surface area contributed by atoms with E-state index in [1.807, 2.05) is 0 Å². The van der Waals surface area contributed by atoms with Crippen molar-refractivity contribution in [3.63, 3.8) is 0 Å². The number of benzene rings is 2. The molecule has 7 rings (SSSR count). The Hall–Kier alpha value is -4.56. The average molecular weight is 586 g/mol. The van der Waals surface area contributed by atoms with Crippen LogP contribution in [0.4, 0.5) is 20.3 Å². The van der Waals surface area contributed by atoms with Gasteiger partial charge in [0.25, 0.3) is 5.88 Å². The maximum absolute atomic E-state index is 14.6. The number of hydrogen-bond donors (Lipinski definition) is 1. The van der Waals surface area contributed by atoms with Crippen molar-refractivity contribution in [3.05, 3.63) is 88.5 Å². The molecule has 43 heavy (non-hydrogen) atoms. The van der Waals surface area contributed by atoms with Crippen molar-refractivity contribution in [1.29, 1.82) is 0 Å². The average Bonchev–Trinajstić information content (AvgIpc) is 3.55. The predicted octanol–water partition coefficient (Wildman–Crippen LogP) is 6.10. The van der Waals surface area contributed by atoms with Gasteiger partial charge in [-0.25, -0.2) is 23.4 Å². The number of halogens is 2. The standard InChI is InChI=1S/C32H29F2N5O4/c1-35-21-4-2-20(25(34)15-21)18-43-30-24(33)5-7-28(37-30)38-11-9-32(10-12-38)16-23(32)29-36-26-6-3-19(31(40)41)14-27(26)39(29)17-22-8-13-42-22/h2-7,14-15,22-23H,8-13,16-18H2,(H,40,41)/t22-,23?/m0/s1. The molecule has 1 N–H and O–H groups in total. The smallest absolute Gasteiger partial charge is 0.335 e. The Labute approximate surface area is 246 Å². The fourth-order valence-electron chi connectivity index (χ4n) is 6.37. The van der Waals surface area contributed by atoms with E-state index < -0.39 is 17.6 Å². The first-order chi connectivity index (χ1) is 20.8. The van der Waals surface area contributed by atoms with Crippen LogP contribution in [0.25, 0.3) is 15.9 Å². The van der Waals surface area contributed by atoms with Crippen LogP contribution in [0.15, 0.2) is 48.5 Å².